The monoisotopic (exact) mass is 393 g/mol. The van der Waals surface area contributed by atoms with Gasteiger partial charge >= 0.3 is 5.97 Å². The van der Waals surface area contributed by atoms with E-state index < -0.39 is 18.5 Å². The quantitative estimate of drug-likeness (QED) is 0.648. The van der Waals surface area contributed by atoms with E-state index in [-0.39, 0.29) is 24.0 Å². The van der Waals surface area contributed by atoms with Crippen molar-refractivity contribution < 1.29 is 28.9 Å². The number of phenols is 1. The molecular weight excluding hydrogens is 374 g/mol. The van der Waals surface area contributed by atoms with Crippen molar-refractivity contribution >= 4 is 22.6 Å². The van der Waals surface area contributed by atoms with Gasteiger partial charge in [-0.05, 0) is 23.6 Å². The fourth-order valence-corrected chi connectivity index (χ4v) is 3.07. The predicted molar refractivity (Wildman–Crippen MR) is 105 cm³/mol. The second kappa shape index (κ2) is 8.10. The van der Waals surface area contributed by atoms with Gasteiger partial charge in [0.15, 0.2) is 18.1 Å². The third-order valence-electron chi connectivity index (χ3n) is 4.55. The molecule has 0 saturated carbocycles. The molecule has 1 heterocycles. The molecule has 29 heavy (non-hydrogen) atoms. The number of para-hydroxylation sites is 2. The lowest BCUT2D eigenvalue weighted by Crippen LogP contribution is -2.42. The molecule has 3 aromatic carbocycles. The summed E-state index contributed by atoms with van der Waals surface area (Å²) in [5.74, 6) is -0.119. The first-order valence-electron chi connectivity index (χ1n) is 9.15. The van der Waals surface area contributed by atoms with E-state index in [0.717, 1.165) is 5.39 Å². The van der Waals surface area contributed by atoms with Crippen LogP contribution in [-0.2, 0) is 9.53 Å². The number of benzene rings is 3. The van der Waals surface area contributed by atoms with Gasteiger partial charge in [0.25, 0.3) is 5.91 Å². The summed E-state index contributed by atoms with van der Waals surface area (Å²) in [4.78, 5) is 24.3. The molecule has 0 radical (unpaired) electrons. The summed E-state index contributed by atoms with van der Waals surface area (Å²) in [5.41, 5.74) is 0.0112. The van der Waals surface area contributed by atoms with Crippen LogP contribution in [0.1, 0.15) is 10.4 Å². The number of aromatic hydroxyl groups is 1. The molecule has 0 aliphatic carbocycles. The number of rotatable bonds is 5. The minimum atomic E-state index is -0.769. The van der Waals surface area contributed by atoms with Crippen molar-refractivity contribution in [3.05, 3.63) is 66.2 Å². The highest BCUT2D eigenvalue weighted by Crippen LogP contribution is 2.31. The lowest BCUT2D eigenvalue weighted by atomic mass is 10.1. The summed E-state index contributed by atoms with van der Waals surface area (Å²) < 4.78 is 16.4. The standard InChI is InChI=1S/C22H19NO6/c24-20(23-11-15-12-27-18-7-3-4-8-19(18)29-15)13-28-22(26)17-10-9-14-5-1-2-6-16(14)21(17)25/h1-10,15,25H,11-13H2,(H,23,24)/t15-/m0/s1. The summed E-state index contributed by atoms with van der Waals surface area (Å²) in [6.07, 6.45) is -0.339. The molecule has 0 unspecified atom stereocenters. The maximum atomic E-state index is 12.2. The normalized spacial score (nSPS) is 15.0. The fraction of sp³-hybridized carbons (Fsp3) is 0.182. The Hall–Kier alpha value is -3.74. The molecule has 148 valence electrons. The fourth-order valence-electron chi connectivity index (χ4n) is 3.07. The lowest BCUT2D eigenvalue weighted by molar-refractivity contribution is -0.124. The van der Waals surface area contributed by atoms with Crippen molar-refractivity contribution in [1.29, 1.82) is 0 Å². The first-order chi connectivity index (χ1) is 14.1. The Labute approximate surface area is 166 Å². The molecule has 0 fully saturated rings. The molecule has 1 amide bonds. The van der Waals surface area contributed by atoms with Crippen LogP contribution in [0.5, 0.6) is 17.2 Å². The third kappa shape index (κ3) is 4.08. The van der Waals surface area contributed by atoms with Gasteiger partial charge in [-0.2, -0.15) is 0 Å². The van der Waals surface area contributed by atoms with Gasteiger partial charge < -0.3 is 24.6 Å². The first kappa shape index (κ1) is 18.6. The number of hydrogen-bond donors (Lipinski definition) is 2. The van der Waals surface area contributed by atoms with E-state index in [1.165, 1.54) is 6.07 Å². The Balaban J connectivity index is 1.29. The Bertz CT molecular complexity index is 1060. The number of amides is 1. The maximum Gasteiger partial charge on any atom is 0.342 e. The van der Waals surface area contributed by atoms with E-state index in [4.69, 9.17) is 14.2 Å². The van der Waals surface area contributed by atoms with Crippen molar-refractivity contribution in [2.75, 3.05) is 19.8 Å². The zero-order valence-electron chi connectivity index (χ0n) is 15.5. The topological polar surface area (TPSA) is 94.1 Å². The second-order valence-corrected chi connectivity index (χ2v) is 6.56. The van der Waals surface area contributed by atoms with Crippen molar-refractivity contribution in [1.82, 2.24) is 5.32 Å². The molecule has 1 atom stereocenters. The highest BCUT2D eigenvalue weighted by Gasteiger charge is 2.22. The molecule has 3 aromatic rings. The van der Waals surface area contributed by atoms with E-state index in [9.17, 15) is 14.7 Å². The zero-order valence-corrected chi connectivity index (χ0v) is 15.5. The Morgan fingerprint density at radius 3 is 2.66 bits per heavy atom. The molecule has 4 rings (SSSR count). The second-order valence-electron chi connectivity index (χ2n) is 6.56. The van der Waals surface area contributed by atoms with Crippen molar-refractivity contribution in [3.63, 3.8) is 0 Å². The summed E-state index contributed by atoms with van der Waals surface area (Å²) in [6, 6.07) is 17.6. The van der Waals surface area contributed by atoms with Gasteiger partial charge in [0.2, 0.25) is 0 Å². The van der Waals surface area contributed by atoms with Crippen LogP contribution in [0.25, 0.3) is 10.8 Å². The van der Waals surface area contributed by atoms with Crippen LogP contribution in [0, 0.1) is 0 Å². The predicted octanol–water partition coefficient (Wildman–Crippen LogP) is 2.66. The Morgan fingerprint density at radius 2 is 1.79 bits per heavy atom. The van der Waals surface area contributed by atoms with Crippen LogP contribution in [0.2, 0.25) is 0 Å². The number of phenolic OH excluding ortho intramolecular Hbond substituents is 1. The van der Waals surface area contributed by atoms with Gasteiger partial charge in [-0.15, -0.1) is 0 Å². The minimum Gasteiger partial charge on any atom is -0.506 e. The van der Waals surface area contributed by atoms with Gasteiger partial charge in [-0.1, -0.05) is 42.5 Å². The van der Waals surface area contributed by atoms with E-state index in [1.807, 2.05) is 30.3 Å². The highest BCUT2D eigenvalue weighted by atomic mass is 16.6. The number of ether oxygens (including phenoxy) is 3. The number of esters is 1. The number of fused-ring (bicyclic) bond motifs is 2. The number of hydrogen-bond acceptors (Lipinski definition) is 6. The Kier molecular flexibility index (Phi) is 5.20. The molecule has 0 spiro atoms. The molecule has 2 N–H and O–H groups in total. The zero-order chi connectivity index (χ0) is 20.2. The summed E-state index contributed by atoms with van der Waals surface area (Å²) in [6.45, 7) is 0.0588. The number of carbonyl (C=O) groups excluding carboxylic acids is 2. The summed E-state index contributed by atoms with van der Waals surface area (Å²) in [7, 11) is 0. The Morgan fingerprint density at radius 1 is 1.03 bits per heavy atom. The van der Waals surface area contributed by atoms with Crippen LogP contribution in [0.3, 0.4) is 0 Å². The number of carbonyl (C=O) groups is 2. The van der Waals surface area contributed by atoms with E-state index in [0.29, 0.717) is 23.5 Å². The third-order valence-corrected chi connectivity index (χ3v) is 4.55. The molecule has 1 aliphatic heterocycles. The molecule has 1 aliphatic rings. The molecule has 0 aromatic heterocycles. The van der Waals surface area contributed by atoms with E-state index >= 15 is 0 Å². The van der Waals surface area contributed by atoms with Crippen LogP contribution in [-0.4, -0.2) is 42.8 Å². The van der Waals surface area contributed by atoms with Crippen LogP contribution < -0.4 is 14.8 Å². The van der Waals surface area contributed by atoms with Crippen molar-refractivity contribution in [2.24, 2.45) is 0 Å². The SMILES string of the molecule is O=C(COC(=O)c1ccc2ccccc2c1O)NC[C@H]1COc2ccccc2O1. The van der Waals surface area contributed by atoms with E-state index in [2.05, 4.69) is 5.32 Å². The summed E-state index contributed by atoms with van der Waals surface area (Å²) in [5, 5.41) is 14.3. The molecule has 0 saturated heterocycles. The van der Waals surface area contributed by atoms with Gasteiger partial charge in [-0.3, -0.25) is 4.79 Å². The molecular formula is C22H19NO6. The molecule has 7 heteroatoms. The first-order valence-corrected chi connectivity index (χ1v) is 9.15. The average molecular weight is 393 g/mol. The maximum absolute atomic E-state index is 12.2. The minimum absolute atomic E-state index is 0.0112. The van der Waals surface area contributed by atoms with Gasteiger partial charge in [0.05, 0.1) is 6.54 Å². The van der Waals surface area contributed by atoms with Gasteiger partial charge in [0, 0.05) is 5.39 Å². The van der Waals surface area contributed by atoms with Crippen LogP contribution >= 0.6 is 0 Å². The molecule has 0 bridgehead atoms. The smallest absolute Gasteiger partial charge is 0.342 e. The van der Waals surface area contributed by atoms with E-state index in [1.54, 1.807) is 24.3 Å². The van der Waals surface area contributed by atoms with Gasteiger partial charge in [-0.25, -0.2) is 4.79 Å². The largest absolute Gasteiger partial charge is 0.506 e. The van der Waals surface area contributed by atoms with Crippen molar-refractivity contribution in [2.45, 2.75) is 6.10 Å². The average Bonchev–Trinajstić information content (AvgIpc) is 2.76. The number of nitrogens with one attached hydrogen (secondary N) is 1. The molecule has 7 nitrogen and oxygen atoms in total. The van der Waals surface area contributed by atoms with Crippen LogP contribution in [0.4, 0.5) is 0 Å². The van der Waals surface area contributed by atoms with Crippen LogP contribution in [0.15, 0.2) is 60.7 Å². The highest BCUT2D eigenvalue weighted by molar-refractivity contribution is 6.01. The lowest BCUT2D eigenvalue weighted by Gasteiger charge is -2.26. The summed E-state index contributed by atoms with van der Waals surface area (Å²) >= 11 is 0. The van der Waals surface area contributed by atoms with Gasteiger partial charge in [0.1, 0.15) is 24.0 Å². The van der Waals surface area contributed by atoms with Crippen molar-refractivity contribution in [3.8, 4) is 17.2 Å².